The Morgan fingerprint density at radius 1 is 1.19 bits per heavy atom. The summed E-state index contributed by atoms with van der Waals surface area (Å²) in [6, 6.07) is 8.11. The average molecular weight is 404 g/mol. The molecule has 1 N–H and O–H groups in total. The van der Waals surface area contributed by atoms with Crippen LogP contribution in [0.1, 0.15) is 38.0 Å². The molecular formula is C18H21N5O2S2. The summed E-state index contributed by atoms with van der Waals surface area (Å²) < 4.78 is 11.4. The van der Waals surface area contributed by atoms with E-state index in [9.17, 15) is 0 Å². The van der Waals surface area contributed by atoms with E-state index in [4.69, 9.17) is 9.26 Å². The van der Waals surface area contributed by atoms with E-state index in [2.05, 4.69) is 25.7 Å². The molecule has 9 heteroatoms. The molecule has 7 nitrogen and oxygen atoms in total. The van der Waals surface area contributed by atoms with E-state index in [-0.39, 0.29) is 0 Å². The molecule has 1 aromatic carbocycles. The van der Waals surface area contributed by atoms with Crippen LogP contribution in [0.25, 0.3) is 11.4 Å². The molecule has 1 fully saturated rings. The minimum atomic E-state index is 0.535. The molecule has 27 heavy (non-hydrogen) atoms. The van der Waals surface area contributed by atoms with Gasteiger partial charge in [-0.1, -0.05) is 47.5 Å². The molecule has 2 heterocycles. The molecule has 3 aromatic rings. The van der Waals surface area contributed by atoms with Crippen molar-refractivity contribution in [2.75, 3.05) is 12.4 Å². The van der Waals surface area contributed by atoms with Gasteiger partial charge in [0.15, 0.2) is 4.34 Å². The number of benzene rings is 1. The summed E-state index contributed by atoms with van der Waals surface area (Å²) in [6.45, 7) is 0. The lowest BCUT2D eigenvalue weighted by Crippen LogP contribution is -2.21. The second-order valence-corrected chi connectivity index (χ2v) is 8.58. The van der Waals surface area contributed by atoms with Gasteiger partial charge >= 0.3 is 0 Å². The van der Waals surface area contributed by atoms with Crippen molar-refractivity contribution in [2.24, 2.45) is 0 Å². The van der Waals surface area contributed by atoms with Gasteiger partial charge in [0.05, 0.1) is 12.9 Å². The quantitative estimate of drug-likeness (QED) is 0.571. The Hall–Kier alpha value is -2.13. The summed E-state index contributed by atoms with van der Waals surface area (Å²) in [6.07, 6.45) is 6.38. The van der Waals surface area contributed by atoms with Gasteiger partial charge in [-0.2, -0.15) is 4.98 Å². The van der Waals surface area contributed by atoms with E-state index >= 15 is 0 Å². The van der Waals surface area contributed by atoms with Crippen LogP contribution >= 0.6 is 23.1 Å². The van der Waals surface area contributed by atoms with Crippen LogP contribution in [0.5, 0.6) is 5.75 Å². The molecule has 1 aliphatic rings. The first kappa shape index (κ1) is 18.2. The fourth-order valence-corrected chi connectivity index (χ4v) is 4.71. The van der Waals surface area contributed by atoms with Crippen LogP contribution in [-0.4, -0.2) is 33.5 Å². The van der Waals surface area contributed by atoms with E-state index in [1.807, 2.05) is 24.3 Å². The van der Waals surface area contributed by atoms with Crippen molar-refractivity contribution in [1.82, 2.24) is 20.3 Å². The lowest BCUT2D eigenvalue weighted by molar-refractivity contribution is 0.391. The van der Waals surface area contributed by atoms with Crippen LogP contribution in [0, 0.1) is 0 Å². The van der Waals surface area contributed by atoms with Crippen LogP contribution in [0.4, 0.5) is 5.13 Å². The third-order valence-electron chi connectivity index (χ3n) is 4.47. The Kier molecular flexibility index (Phi) is 5.88. The van der Waals surface area contributed by atoms with Crippen molar-refractivity contribution in [3.05, 3.63) is 30.2 Å². The fourth-order valence-electron chi connectivity index (χ4n) is 3.04. The van der Waals surface area contributed by atoms with Gasteiger partial charge < -0.3 is 14.6 Å². The van der Waals surface area contributed by atoms with Gasteiger partial charge in [-0.25, -0.2) is 0 Å². The van der Waals surface area contributed by atoms with Gasteiger partial charge in [-0.05, 0) is 37.1 Å². The number of rotatable bonds is 7. The summed E-state index contributed by atoms with van der Waals surface area (Å²) in [5.74, 6) is 2.52. The summed E-state index contributed by atoms with van der Waals surface area (Å²) in [7, 11) is 1.64. The first-order valence-electron chi connectivity index (χ1n) is 9.00. The zero-order chi connectivity index (χ0) is 18.5. The molecular weight excluding hydrogens is 382 g/mol. The van der Waals surface area contributed by atoms with Gasteiger partial charge in [0.2, 0.25) is 16.8 Å². The molecule has 0 radical (unpaired) electrons. The first-order valence-corrected chi connectivity index (χ1v) is 10.8. The van der Waals surface area contributed by atoms with E-state index in [0.717, 1.165) is 20.8 Å². The van der Waals surface area contributed by atoms with Crippen LogP contribution < -0.4 is 10.1 Å². The Morgan fingerprint density at radius 2 is 2.00 bits per heavy atom. The molecule has 1 aliphatic carbocycles. The van der Waals surface area contributed by atoms with Gasteiger partial charge in [-0.3, -0.25) is 0 Å². The van der Waals surface area contributed by atoms with Crippen LogP contribution in [0.2, 0.25) is 0 Å². The van der Waals surface area contributed by atoms with Gasteiger partial charge in [0.1, 0.15) is 5.75 Å². The Balaban J connectivity index is 1.32. The van der Waals surface area contributed by atoms with Crippen LogP contribution in [-0.2, 0) is 5.75 Å². The molecule has 0 saturated heterocycles. The first-order chi connectivity index (χ1) is 13.3. The maximum absolute atomic E-state index is 5.35. The third-order valence-corrected chi connectivity index (χ3v) is 6.45. The molecule has 142 valence electrons. The highest BCUT2D eigenvalue weighted by Crippen LogP contribution is 2.30. The summed E-state index contributed by atoms with van der Waals surface area (Å²) in [4.78, 5) is 4.45. The largest absolute Gasteiger partial charge is 0.497 e. The monoisotopic (exact) mass is 403 g/mol. The SMILES string of the molecule is COc1ccc(-c2noc(CSc3nnc(NC4CCCCC4)s3)n2)cc1. The number of aromatic nitrogens is 4. The van der Waals surface area contributed by atoms with E-state index in [0.29, 0.717) is 23.5 Å². The number of thioether (sulfide) groups is 1. The van der Waals surface area contributed by atoms with Crippen LogP contribution in [0.15, 0.2) is 33.1 Å². The summed E-state index contributed by atoms with van der Waals surface area (Å²) in [5, 5.41) is 16.9. The van der Waals surface area contributed by atoms with Crippen molar-refractivity contribution in [3.63, 3.8) is 0 Å². The Bertz CT molecular complexity index is 859. The highest BCUT2D eigenvalue weighted by Gasteiger charge is 2.16. The van der Waals surface area contributed by atoms with Crippen molar-refractivity contribution < 1.29 is 9.26 Å². The molecule has 0 aliphatic heterocycles. The number of hydrogen-bond donors (Lipinski definition) is 1. The maximum atomic E-state index is 5.35. The topological polar surface area (TPSA) is 86.0 Å². The van der Waals surface area contributed by atoms with Crippen molar-refractivity contribution >= 4 is 28.2 Å². The molecule has 0 spiro atoms. The lowest BCUT2D eigenvalue weighted by atomic mass is 9.96. The molecule has 0 bridgehead atoms. The van der Waals surface area contributed by atoms with E-state index in [1.165, 1.54) is 32.1 Å². The number of ether oxygens (including phenoxy) is 1. The minimum Gasteiger partial charge on any atom is -0.497 e. The zero-order valence-corrected chi connectivity index (χ0v) is 16.7. The van der Waals surface area contributed by atoms with Crippen LogP contribution in [0.3, 0.4) is 0 Å². The van der Waals surface area contributed by atoms with Crippen molar-refractivity contribution in [3.8, 4) is 17.1 Å². The smallest absolute Gasteiger partial charge is 0.237 e. The molecule has 4 rings (SSSR count). The predicted octanol–water partition coefficient (Wildman–Crippen LogP) is 4.63. The Labute approximate surface area is 165 Å². The van der Waals surface area contributed by atoms with Gasteiger partial charge in [0.25, 0.3) is 0 Å². The Morgan fingerprint density at radius 3 is 2.78 bits per heavy atom. The molecule has 0 atom stereocenters. The second-order valence-electron chi connectivity index (χ2n) is 6.38. The number of anilines is 1. The molecule has 0 unspecified atom stereocenters. The normalized spacial score (nSPS) is 15.0. The predicted molar refractivity (Wildman–Crippen MR) is 106 cm³/mol. The van der Waals surface area contributed by atoms with Crippen molar-refractivity contribution in [2.45, 2.75) is 48.2 Å². The highest BCUT2D eigenvalue weighted by molar-refractivity contribution is 8.00. The number of nitrogens with zero attached hydrogens (tertiary/aromatic N) is 4. The molecule has 0 amide bonds. The van der Waals surface area contributed by atoms with E-state index in [1.54, 1.807) is 30.2 Å². The molecule has 1 saturated carbocycles. The number of methoxy groups -OCH3 is 1. The number of nitrogens with one attached hydrogen (secondary N) is 1. The highest BCUT2D eigenvalue weighted by atomic mass is 32.2. The van der Waals surface area contributed by atoms with Gasteiger partial charge in [0, 0.05) is 11.6 Å². The van der Waals surface area contributed by atoms with Gasteiger partial charge in [-0.15, -0.1) is 10.2 Å². The summed E-state index contributed by atoms with van der Waals surface area (Å²) in [5.41, 5.74) is 0.894. The van der Waals surface area contributed by atoms with Crippen molar-refractivity contribution in [1.29, 1.82) is 0 Å². The summed E-state index contributed by atoms with van der Waals surface area (Å²) >= 11 is 3.14. The van der Waals surface area contributed by atoms with E-state index < -0.39 is 0 Å². The standard InChI is InChI=1S/C18H21N5O2S2/c1-24-14-9-7-12(8-10-14)16-20-15(25-23-16)11-26-18-22-21-17(27-18)19-13-5-3-2-4-6-13/h7-10,13H,2-6,11H2,1H3,(H,19,21). The lowest BCUT2D eigenvalue weighted by Gasteiger charge is -2.21. The molecule has 2 aromatic heterocycles. The second kappa shape index (κ2) is 8.71. The zero-order valence-electron chi connectivity index (χ0n) is 15.1. The maximum Gasteiger partial charge on any atom is 0.237 e. The number of hydrogen-bond acceptors (Lipinski definition) is 9. The fraction of sp³-hybridized carbons (Fsp3) is 0.444. The minimum absolute atomic E-state index is 0.535. The third kappa shape index (κ3) is 4.78. The average Bonchev–Trinajstić information content (AvgIpc) is 3.37.